The molecule has 0 saturated heterocycles. The number of hydrogen-bond donors (Lipinski definition) is 5. The number of fused-ring (bicyclic) bond motifs is 1. The van der Waals surface area contributed by atoms with Crippen molar-refractivity contribution in [3.05, 3.63) is 96.6 Å². The number of carbonyl (C=O) groups excluding carboxylic acids is 1. The standard InChI is InChI=1S/C30H28N6O5S.CH4/c1-19-10-12-20(13-11-19)31-18-28(38)32-21-6-5-7-25(16-21)42(39,40)36-30-29(34-26-8-3-4-9-27(26)35-30)33-22-14-23(37)17-24(15-22)41-2;/h3-17,31,37H,18H2,1-2H3,(H,32,38)(H,33,34)(H,35,36);1H4. The van der Waals surface area contributed by atoms with E-state index in [1.54, 1.807) is 36.4 Å². The molecular formula is C31H32N6O5S. The lowest BCUT2D eigenvalue weighted by Crippen LogP contribution is -2.22. The number of benzene rings is 4. The Balaban J connectivity index is 0.00000423. The number of amides is 1. The van der Waals surface area contributed by atoms with Gasteiger partial charge in [-0.1, -0.05) is 43.3 Å². The van der Waals surface area contributed by atoms with Crippen molar-refractivity contribution in [3.63, 3.8) is 0 Å². The summed E-state index contributed by atoms with van der Waals surface area (Å²) in [6.07, 6.45) is 0. The third kappa shape index (κ3) is 7.68. The lowest BCUT2D eigenvalue weighted by atomic mass is 10.2. The van der Waals surface area contributed by atoms with Gasteiger partial charge in [0.05, 0.1) is 29.6 Å². The number of sulfonamides is 1. The first-order valence-corrected chi connectivity index (χ1v) is 14.3. The number of para-hydroxylation sites is 2. The summed E-state index contributed by atoms with van der Waals surface area (Å²) in [7, 11) is -2.71. The number of methoxy groups -OCH3 is 1. The quantitative estimate of drug-likeness (QED) is 0.132. The summed E-state index contributed by atoms with van der Waals surface area (Å²) in [5.41, 5.74) is 3.61. The average Bonchev–Trinajstić information content (AvgIpc) is 2.97. The minimum atomic E-state index is -4.17. The molecule has 0 atom stereocenters. The van der Waals surface area contributed by atoms with Crippen LogP contribution < -0.4 is 25.4 Å². The van der Waals surface area contributed by atoms with E-state index in [-0.39, 0.29) is 42.2 Å². The summed E-state index contributed by atoms with van der Waals surface area (Å²) in [5.74, 6) is 0.0396. The van der Waals surface area contributed by atoms with Crippen molar-refractivity contribution in [1.82, 2.24) is 9.97 Å². The lowest BCUT2D eigenvalue weighted by Gasteiger charge is -2.15. The summed E-state index contributed by atoms with van der Waals surface area (Å²) in [6.45, 7) is 1.97. The number of phenols is 1. The molecule has 1 aromatic heterocycles. The minimum Gasteiger partial charge on any atom is -0.508 e. The second-order valence-electron chi connectivity index (χ2n) is 9.36. The van der Waals surface area contributed by atoms with Crippen molar-refractivity contribution in [3.8, 4) is 11.5 Å². The first kappa shape index (κ1) is 30.6. The maximum atomic E-state index is 13.5. The molecular weight excluding hydrogens is 568 g/mol. The highest BCUT2D eigenvalue weighted by Crippen LogP contribution is 2.31. The first-order chi connectivity index (χ1) is 20.2. The van der Waals surface area contributed by atoms with Gasteiger partial charge >= 0.3 is 0 Å². The number of phenolic OH excluding ortho intramolecular Hbond substituents is 1. The fraction of sp³-hybridized carbons (Fsp3) is 0.129. The van der Waals surface area contributed by atoms with Gasteiger partial charge in [0.1, 0.15) is 11.5 Å². The monoisotopic (exact) mass is 600 g/mol. The van der Waals surface area contributed by atoms with Crippen molar-refractivity contribution in [2.45, 2.75) is 19.2 Å². The normalized spacial score (nSPS) is 10.8. The molecule has 5 N–H and O–H groups in total. The zero-order chi connectivity index (χ0) is 29.7. The highest BCUT2D eigenvalue weighted by molar-refractivity contribution is 7.92. The summed E-state index contributed by atoms with van der Waals surface area (Å²) in [6, 6.07) is 25.0. The molecule has 0 spiro atoms. The maximum Gasteiger partial charge on any atom is 0.263 e. The topological polar surface area (TPSA) is 155 Å². The van der Waals surface area contributed by atoms with Crippen molar-refractivity contribution < 1.29 is 23.1 Å². The molecule has 0 saturated carbocycles. The van der Waals surface area contributed by atoms with Crippen LogP contribution in [0, 0.1) is 6.92 Å². The van der Waals surface area contributed by atoms with Crippen molar-refractivity contribution in [2.75, 3.05) is 34.3 Å². The van der Waals surface area contributed by atoms with E-state index in [1.165, 1.54) is 37.4 Å². The lowest BCUT2D eigenvalue weighted by molar-refractivity contribution is -0.114. The highest BCUT2D eigenvalue weighted by atomic mass is 32.2. The van der Waals surface area contributed by atoms with Crippen molar-refractivity contribution in [1.29, 1.82) is 0 Å². The van der Waals surface area contributed by atoms with Crippen LogP contribution in [0.25, 0.3) is 11.0 Å². The molecule has 0 unspecified atom stereocenters. The number of hydrogen-bond acceptors (Lipinski definition) is 9. The number of aromatic hydroxyl groups is 1. The summed E-state index contributed by atoms with van der Waals surface area (Å²) >= 11 is 0. The second-order valence-corrected chi connectivity index (χ2v) is 11.0. The molecule has 222 valence electrons. The number of nitrogens with zero attached hydrogens (tertiary/aromatic N) is 2. The van der Waals surface area contributed by atoms with E-state index in [0.717, 1.165) is 11.3 Å². The smallest absolute Gasteiger partial charge is 0.263 e. The molecule has 0 radical (unpaired) electrons. The van der Waals surface area contributed by atoms with Crippen LogP contribution in [0.1, 0.15) is 13.0 Å². The van der Waals surface area contributed by atoms with Crippen LogP contribution in [-0.4, -0.2) is 43.1 Å². The summed E-state index contributed by atoms with van der Waals surface area (Å²) in [5, 5.41) is 18.8. The number of nitrogens with one attached hydrogen (secondary N) is 4. The number of rotatable bonds is 10. The number of carbonyl (C=O) groups is 1. The van der Waals surface area contributed by atoms with Gasteiger partial charge in [0, 0.05) is 35.3 Å². The first-order valence-electron chi connectivity index (χ1n) is 12.8. The number of ether oxygens (including phenoxy) is 1. The molecule has 1 heterocycles. The predicted octanol–water partition coefficient (Wildman–Crippen LogP) is 5.88. The van der Waals surface area contributed by atoms with Crippen LogP contribution in [0.4, 0.5) is 28.7 Å². The Kier molecular flexibility index (Phi) is 9.31. The van der Waals surface area contributed by atoms with Gasteiger partial charge in [-0.25, -0.2) is 18.4 Å². The van der Waals surface area contributed by atoms with E-state index >= 15 is 0 Å². The third-order valence-electron chi connectivity index (χ3n) is 6.12. The molecule has 0 fully saturated rings. The molecule has 11 nitrogen and oxygen atoms in total. The largest absolute Gasteiger partial charge is 0.508 e. The molecule has 0 aliphatic rings. The predicted molar refractivity (Wildman–Crippen MR) is 170 cm³/mol. The van der Waals surface area contributed by atoms with Gasteiger partial charge in [-0.05, 0) is 49.4 Å². The van der Waals surface area contributed by atoms with Crippen LogP contribution in [0.3, 0.4) is 0 Å². The molecule has 0 aliphatic heterocycles. The Bertz CT molecular complexity index is 1860. The number of aromatic nitrogens is 2. The van der Waals surface area contributed by atoms with Crippen molar-refractivity contribution in [2.24, 2.45) is 0 Å². The molecule has 5 aromatic rings. The molecule has 43 heavy (non-hydrogen) atoms. The van der Waals surface area contributed by atoms with Crippen LogP contribution in [0.2, 0.25) is 0 Å². The molecule has 4 aromatic carbocycles. The van der Waals surface area contributed by atoms with E-state index < -0.39 is 10.0 Å². The van der Waals surface area contributed by atoms with Crippen molar-refractivity contribution >= 4 is 55.7 Å². The van der Waals surface area contributed by atoms with Gasteiger partial charge in [0.25, 0.3) is 10.0 Å². The zero-order valence-corrected chi connectivity index (χ0v) is 23.6. The summed E-state index contributed by atoms with van der Waals surface area (Å²) in [4.78, 5) is 21.5. The SMILES string of the molecule is C.COc1cc(O)cc(Nc2nc3ccccc3nc2NS(=O)(=O)c2cccc(NC(=O)CNc3ccc(C)cc3)c2)c1. The van der Waals surface area contributed by atoms with Crippen LogP contribution >= 0.6 is 0 Å². The second kappa shape index (κ2) is 13.1. The van der Waals surface area contributed by atoms with E-state index in [0.29, 0.717) is 28.2 Å². The fourth-order valence-corrected chi connectivity index (χ4v) is 5.11. The molecule has 5 rings (SSSR count). The Morgan fingerprint density at radius 3 is 2.23 bits per heavy atom. The van der Waals surface area contributed by atoms with Gasteiger partial charge < -0.3 is 25.8 Å². The number of aryl methyl sites for hydroxylation is 1. The molecule has 1 amide bonds. The van der Waals surface area contributed by atoms with E-state index in [9.17, 15) is 18.3 Å². The van der Waals surface area contributed by atoms with Gasteiger partial charge in [0.2, 0.25) is 5.91 Å². The van der Waals surface area contributed by atoms with E-state index in [1.807, 2.05) is 31.2 Å². The average molecular weight is 601 g/mol. The van der Waals surface area contributed by atoms with E-state index in [2.05, 4.69) is 30.6 Å². The molecule has 0 bridgehead atoms. The Labute approximate surface area is 250 Å². The van der Waals surface area contributed by atoms with Crippen LogP contribution in [0.15, 0.2) is 95.9 Å². The Hall–Kier alpha value is -5.36. The van der Waals surface area contributed by atoms with Gasteiger partial charge in [0.15, 0.2) is 11.6 Å². The van der Waals surface area contributed by atoms with Crippen LogP contribution in [0.5, 0.6) is 11.5 Å². The fourth-order valence-electron chi connectivity index (χ4n) is 4.05. The molecule has 12 heteroatoms. The van der Waals surface area contributed by atoms with Crippen LogP contribution in [-0.2, 0) is 14.8 Å². The third-order valence-corrected chi connectivity index (χ3v) is 7.46. The van der Waals surface area contributed by atoms with Gasteiger partial charge in [-0.3, -0.25) is 9.52 Å². The van der Waals surface area contributed by atoms with E-state index in [4.69, 9.17) is 4.74 Å². The highest BCUT2D eigenvalue weighted by Gasteiger charge is 2.20. The van der Waals surface area contributed by atoms with Gasteiger partial charge in [-0.15, -0.1) is 0 Å². The Morgan fingerprint density at radius 2 is 1.53 bits per heavy atom. The minimum absolute atomic E-state index is 0. The molecule has 0 aliphatic carbocycles. The zero-order valence-electron chi connectivity index (χ0n) is 22.8. The number of anilines is 5. The van der Waals surface area contributed by atoms with Gasteiger partial charge in [-0.2, -0.15) is 0 Å². The summed E-state index contributed by atoms with van der Waals surface area (Å²) < 4.78 is 34.7. The maximum absolute atomic E-state index is 13.5. The Morgan fingerprint density at radius 1 is 0.837 bits per heavy atom.